The molecule has 0 fully saturated rings. The zero-order chi connectivity index (χ0) is 13.5. The van der Waals surface area contributed by atoms with Gasteiger partial charge in [-0.1, -0.05) is 18.2 Å². The van der Waals surface area contributed by atoms with E-state index in [0.29, 0.717) is 12.1 Å². The third-order valence-corrected chi connectivity index (χ3v) is 2.32. The molecule has 2 amide bonds. The van der Waals surface area contributed by atoms with Crippen LogP contribution in [0.2, 0.25) is 0 Å². The minimum Gasteiger partial charge on any atom is -0.445 e. The molecule has 0 aliphatic heterocycles. The van der Waals surface area contributed by atoms with E-state index in [1.54, 1.807) is 37.4 Å². The van der Waals surface area contributed by atoms with Gasteiger partial charge in [0.05, 0.1) is 0 Å². The Morgan fingerprint density at radius 1 is 1.39 bits per heavy atom. The van der Waals surface area contributed by atoms with Crippen molar-refractivity contribution in [1.82, 2.24) is 4.90 Å². The van der Waals surface area contributed by atoms with Gasteiger partial charge in [-0.15, -0.1) is 6.58 Å². The van der Waals surface area contributed by atoms with E-state index in [9.17, 15) is 9.59 Å². The van der Waals surface area contributed by atoms with Crippen LogP contribution in [0.15, 0.2) is 36.9 Å². The maximum atomic E-state index is 11.5. The van der Waals surface area contributed by atoms with Gasteiger partial charge in [-0.25, -0.2) is 4.79 Å². The Kier molecular flexibility index (Phi) is 4.92. The quantitative estimate of drug-likeness (QED) is 0.803. The summed E-state index contributed by atoms with van der Waals surface area (Å²) in [4.78, 5) is 23.7. The second-order valence-corrected chi connectivity index (χ2v) is 3.78. The molecular weight excluding hydrogens is 232 g/mol. The summed E-state index contributed by atoms with van der Waals surface area (Å²) in [7, 11) is 1.63. The number of carbonyl (C=O) groups excluding carboxylic acids is 2. The van der Waals surface area contributed by atoms with E-state index in [2.05, 4.69) is 6.58 Å². The van der Waals surface area contributed by atoms with Crippen LogP contribution in [0.4, 0.5) is 4.79 Å². The number of benzene rings is 1. The van der Waals surface area contributed by atoms with E-state index in [4.69, 9.17) is 10.5 Å². The molecule has 0 atom stereocenters. The number of nitrogens with zero attached hydrogens (tertiary/aromatic N) is 1. The first-order valence-corrected chi connectivity index (χ1v) is 5.42. The van der Waals surface area contributed by atoms with Crippen LogP contribution in [0.3, 0.4) is 0 Å². The second-order valence-electron chi connectivity index (χ2n) is 3.78. The highest BCUT2D eigenvalue weighted by molar-refractivity contribution is 5.92. The Morgan fingerprint density at radius 2 is 2.00 bits per heavy atom. The van der Waals surface area contributed by atoms with Gasteiger partial charge in [0.25, 0.3) is 0 Å². The SMILES string of the molecule is C=CCN(C)C(=O)OCc1ccc(C(N)=O)cc1. The lowest BCUT2D eigenvalue weighted by Gasteiger charge is -2.14. The molecule has 1 aromatic carbocycles. The first kappa shape index (κ1) is 13.8. The van der Waals surface area contributed by atoms with Crippen LogP contribution in [-0.4, -0.2) is 30.5 Å². The predicted octanol–water partition coefficient (Wildman–Crippen LogP) is 1.54. The predicted molar refractivity (Wildman–Crippen MR) is 68.0 cm³/mol. The molecule has 0 aliphatic rings. The molecule has 1 rings (SSSR count). The molecule has 0 bridgehead atoms. The Labute approximate surface area is 106 Å². The van der Waals surface area contributed by atoms with Crippen LogP contribution in [0, 0.1) is 0 Å². The highest BCUT2D eigenvalue weighted by atomic mass is 16.6. The van der Waals surface area contributed by atoms with Crippen molar-refractivity contribution in [2.24, 2.45) is 5.73 Å². The summed E-state index contributed by atoms with van der Waals surface area (Å²) in [6.07, 6.45) is 1.19. The first-order valence-electron chi connectivity index (χ1n) is 5.42. The number of hydrogen-bond acceptors (Lipinski definition) is 3. The third kappa shape index (κ3) is 3.93. The highest BCUT2D eigenvalue weighted by Crippen LogP contribution is 2.06. The molecule has 0 saturated heterocycles. The van der Waals surface area contributed by atoms with E-state index in [1.165, 1.54) is 4.90 Å². The van der Waals surface area contributed by atoms with Crippen LogP contribution >= 0.6 is 0 Å². The van der Waals surface area contributed by atoms with Crippen molar-refractivity contribution in [3.05, 3.63) is 48.0 Å². The fourth-order valence-electron chi connectivity index (χ4n) is 1.29. The van der Waals surface area contributed by atoms with Gasteiger partial charge < -0.3 is 15.4 Å². The van der Waals surface area contributed by atoms with Gasteiger partial charge in [-0.3, -0.25) is 4.79 Å². The normalized spacial score (nSPS) is 9.61. The van der Waals surface area contributed by atoms with E-state index in [-0.39, 0.29) is 6.61 Å². The molecule has 5 heteroatoms. The summed E-state index contributed by atoms with van der Waals surface area (Å²) in [6, 6.07) is 6.58. The van der Waals surface area contributed by atoms with Crippen LogP contribution in [-0.2, 0) is 11.3 Å². The Balaban J connectivity index is 2.51. The van der Waals surface area contributed by atoms with Gasteiger partial charge in [0.15, 0.2) is 0 Å². The lowest BCUT2D eigenvalue weighted by Crippen LogP contribution is -2.27. The molecule has 0 unspecified atom stereocenters. The topological polar surface area (TPSA) is 72.6 Å². The van der Waals surface area contributed by atoms with Gasteiger partial charge in [0, 0.05) is 19.2 Å². The van der Waals surface area contributed by atoms with Crippen LogP contribution < -0.4 is 5.73 Å². The van der Waals surface area contributed by atoms with Gasteiger partial charge in [-0.05, 0) is 17.7 Å². The summed E-state index contributed by atoms with van der Waals surface area (Å²) in [5, 5.41) is 0. The van der Waals surface area contributed by atoms with Gasteiger partial charge in [0.2, 0.25) is 5.91 Å². The molecule has 5 nitrogen and oxygen atoms in total. The molecular formula is C13H16N2O3. The van der Waals surface area contributed by atoms with E-state index in [1.807, 2.05) is 0 Å². The number of carbonyl (C=O) groups is 2. The number of hydrogen-bond donors (Lipinski definition) is 1. The average Bonchev–Trinajstić information content (AvgIpc) is 2.36. The van der Waals surface area contributed by atoms with E-state index < -0.39 is 12.0 Å². The first-order chi connectivity index (χ1) is 8.54. The summed E-state index contributed by atoms with van der Waals surface area (Å²) in [5.74, 6) is -0.482. The van der Waals surface area contributed by atoms with Crippen LogP contribution in [0.1, 0.15) is 15.9 Å². The third-order valence-electron chi connectivity index (χ3n) is 2.32. The lowest BCUT2D eigenvalue weighted by atomic mass is 10.1. The number of primary amides is 1. The summed E-state index contributed by atoms with van der Waals surface area (Å²) in [5.41, 5.74) is 6.34. The number of nitrogens with two attached hydrogens (primary N) is 1. The van der Waals surface area contributed by atoms with Gasteiger partial charge in [0.1, 0.15) is 6.61 Å². The van der Waals surface area contributed by atoms with Crippen LogP contribution in [0.25, 0.3) is 0 Å². The maximum absolute atomic E-state index is 11.5. The zero-order valence-corrected chi connectivity index (χ0v) is 10.3. The molecule has 0 radical (unpaired) electrons. The fraction of sp³-hybridized carbons (Fsp3) is 0.231. The van der Waals surface area contributed by atoms with Crippen molar-refractivity contribution in [3.8, 4) is 0 Å². The summed E-state index contributed by atoms with van der Waals surface area (Å²) in [6.45, 7) is 4.12. The van der Waals surface area contributed by atoms with Crippen molar-refractivity contribution < 1.29 is 14.3 Å². The number of likely N-dealkylation sites (N-methyl/N-ethyl adjacent to an activating group) is 1. The highest BCUT2D eigenvalue weighted by Gasteiger charge is 2.08. The molecule has 0 aliphatic carbocycles. The summed E-state index contributed by atoms with van der Waals surface area (Å²) >= 11 is 0. The standard InChI is InChI=1S/C13H16N2O3/c1-3-8-15(2)13(17)18-9-10-4-6-11(7-5-10)12(14)16/h3-7H,1,8-9H2,2H3,(H2,14,16). The largest absolute Gasteiger partial charge is 0.445 e. The minimum atomic E-state index is -0.482. The molecule has 96 valence electrons. The average molecular weight is 248 g/mol. The Bertz CT molecular complexity index is 440. The Morgan fingerprint density at radius 3 is 2.50 bits per heavy atom. The Hall–Kier alpha value is -2.30. The number of amides is 2. The van der Waals surface area contributed by atoms with E-state index in [0.717, 1.165) is 5.56 Å². The molecule has 18 heavy (non-hydrogen) atoms. The van der Waals surface area contributed by atoms with Crippen molar-refractivity contribution in [2.45, 2.75) is 6.61 Å². The molecule has 0 saturated carbocycles. The van der Waals surface area contributed by atoms with E-state index >= 15 is 0 Å². The molecule has 0 heterocycles. The molecule has 2 N–H and O–H groups in total. The van der Waals surface area contributed by atoms with Crippen molar-refractivity contribution in [1.29, 1.82) is 0 Å². The lowest BCUT2D eigenvalue weighted by molar-refractivity contribution is 0.0998. The fourth-order valence-corrected chi connectivity index (χ4v) is 1.29. The van der Waals surface area contributed by atoms with Gasteiger partial charge >= 0.3 is 6.09 Å². The van der Waals surface area contributed by atoms with Crippen LogP contribution in [0.5, 0.6) is 0 Å². The number of ether oxygens (including phenoxy) is 1. The molecule has 0 aromatic heterocycles. The number of rotatable bonds is 5. The van der Waals surface area contributed by atoms with Crippen molar-refractivity contribution in [2.75, 3.05) is 13.6 Å². The monoisotopic (exact) mass is 248 g/mol. The zero-order valence-electron chi connectivity index (χ0n) is 10.3. The molecule has 1 aromatic rings. The second kappa shape index (κ2) is 6.44. The molecule has 0 spiro atoms. The van der Waals surface area contributed by atoms with Crippen molar-refractivity contribution >= 4 is 12.0 Å². The summed E-state index contributed by atoms with van der Waals surface area (Å²) < 4.78 is 5.07. The maximum Gasteiger partial charge on any atom is 0.410 e. The minimum absolute atomic E-state index is 0.152. The van der Waals surface area contributed by atoms with Gasteiger partial charge in [-0.2, -0.15) is 0 Å². The van der Waals surface area contributed by atoms with Crippen molar-refractivity contribution in [3.63, 3.8) is 0 Å². The smallest absolute Gasteiger partial charge is 0.410 e.